The maximum atomic E-state index is 10.7. The first-order valence-corrected chi connectivity index (χ1v) is 7.34. The molecule has 1 aliphatic rings. The largest absolute Gasteiger partial charge is 0.384 e. The predicted octanol–water partition coefficient (Wildman–Crippen LogP) is 1.95. The minimum absolute atomic E-state index is 0.279. The fourth-order valence-corrected chi connectivity index (χ4v) is 2.74. The van der Waals surface area contributed by atoms with Gasteiger partial charge in [-0.25, -0.2) is 0 Å². The molecule has 3 N–H and O–H groups in total. The van der Waals surface area contributed by atoms with Gasteiger partial charge in [0, 0.05) is 13.1 Å². The van der Waals surface area contributed by atoms with E-state index < -0.39 is 5.60 Å². The number of nitrogens with two attached hydrogens (primary N) is 1. The van der Waals surface area contributed by atoms with Crippen molar-refractivity contribution in [3.63, 3.8) is 0 Å². The molecule has 0 amide bonds. The first-order chi connectivity index (χ1) is 9.14. The van der Waals surface area contributed by atoms with E-state index in [1.165, 1.54) is 12.8 Å². The lowest BCUT2D eigenvalue weighted by atomic mass is 9.89. The Hall–Kier alpha value is -0.900. The second kappa shape index (κ2) is 6.51. The van der Waals surface area contributed by atoms with Gasteiger partial charge in [-0.15, -0.1) is 0 Å². The number of rotatable bonds is 5. The third kappa shape index (κ3) is 3.78. The Kier molecular flexibility index (Phi) is 4.97. The van der Waals surface area contributed by atoms with E-state index in [1.807, 2.05) is 30.3 Å². The van der Waals surface area contributed by atoms with Gasteiger partial charge in [0.2, 0.25) is 0 Å². The zero-order valence-electron chi connectivity index (χ0n) is 11.9. The molecule has 0 radical (unpaired) electrons. The minimum atomic E-state index is -0.885. The molecule has 0 aromatic heterocycles. The van der Waals surface area contributed by atoms with Gasteiger partial charge in [0.1, 0.15) is 5.60 Å². The molecule has 3 heteroatoms. The van der Waals surface area contributed by atoms with Crippen LogP contribution in [0, 0.1) is 5.92 Å². The molecule has 1 unspecified atom stereocenters. The van der Waals surface area contributed by atoms with Crippen molar-refractivity contribution in [1.29, 1.82) is 0 Å². The van der Waals surface area contributed by atoms with E-state index in [1.54, 1.807) is 0 Å². The lowest BCUT2D eigenvalue weighted by Crippen LogP contribution is -2.41. The molecule has 3 nitrogen and oxygen atoms in total. The number of piperidine rings is 1. The summed E-state index contributed by atoms with van der Waals surface area (Å²) >= 11 is 0. The van der Waals surface area contributed by atoms with E-state index in [2.05, 4.69) is 11.8 Å². The molecule has 1 aromatic carbocycles. The Labute approximate surface area is 116 Å². The monoisotopic (exact) mass is 262 g/mol. The zero-order chi connectivity index (χ0) is 13.7. The van der Waals surface area contributed by atoms with Crippen LogP contribution in [0.15, 0.2) is 30.3 Å². The molecule has 1 aliphatic heterocycles. The Bertz CT molecular complexity index is 374. The van der Waals surface area contributed by atoms with Gasteiger partial charge in [-0.1, -0.05) is 37.3 Å². The van der Waals surface area contributed by atoms with Crippen molar-refractivity contribution in [3.05, 3.63) is 35.9 Å². The highest BCUT2D eigenvalue weighted by atomic mass is 16.3. The van der Waals surface area contributed by atoms with Gasteiger partial charge in [0.25, 0.3) is 0 Å². The van der Waals surface area contributed by atoms with Crippen molar-refractivity contribution in [3.8, 4) is 0 Å². The first-order valence-electron chi connectivity index (χ1n) is 7.34. The standard InChI is InChI=1S/C16H26N2O/c1-14-7-10-18(11-8-14)12-9-16(19,13-17)15-5-3-2-4-6-15/h2-6,14,19H,7-13,17H2,1H3. The summed E-state index contributed by atoms with van der Waals surface area (Å²) in [5.41, 5.74) is 5.86. The van der Waals surface area contributed by atoms with Gasteiger partial charge in [0.05, 0.1) is 0 Å². The van der Waals surface area contributed by atoms with Gasteiger partial charge < -0.3 is 15.7 Å². The second-order valence-corrected chi connectivity index (χ2v) is 5.88. The van der Waals surface area contributed by atoms with Crippen molar-refractivity contribution < 1.29 is 5.11 Å². The van der Waals surface area contributed by atoms with Crippen LogP contribution in [0.25, 0.3) is 0 Å². The lowest BCUT2D eigenvalue weighted by Gasteiger charge is -2.34. The van der Waals surface area contributed by atoms with Crippen molar-refractivity contribution in [1.82, 2.24) is 4.90 Å². The van der Waals surface area contributed by atoms with E-state index in [4.69, 9.17) is 5.73 Å². The van der Waals surface area contributed by atoms with Gasteiger partial charge in [-0.2, -0.15) is 0 Å². The Balaban J connectivity index is 1.92. The molecule has 0 aliphatic carbocycles. The van der Waals surface area contributed by atoms with Crippen LogP contribution < -0.4 is 5.73 Å². The molecule has 1 atom stereocenters. The smallest absolute Gasteiger partial charge is 0.103 e. The van der Waals surface area contributed by atoms with Crippen molar-refractivity contribution in [2.24, 2.45) is 11.7 Å². The maximum Gasteiger partial charge on any atom is 0.103 e. The quantitative estimate of drug-likeness (QED) is 0.853. The van der Waals surface area contributed by atoms with Crippen LogP contribution in [0.4, 0.5) is 0 Å². The van der Waals surface area contributed by atoms with Gasteiger partial charge in [0.15, 0.2) is 0 Å². The van der Waals surface area contributed by atoms with Crippen molar-refractivity contribution in [2.75, 3.05) is 26.2 Å². The molecule has 1 saturated heterocycles. The summed E-state index contributed by atoms with van der Waals surface area (Å²) in [5.74, 6) is 0.846. The third-order valence-corrected chi connectivity index (χ3v) is 4.37. The summed E-state index contributed by atoms with van der Waals surface area (Å²) in [4.78, 5) is 2.45. The predicted molar refractivity (Wildman–Crippen MR) is 78.8 cm³/mol. The highest BCUT2D eigenvalue weighted by Gasteiger charge is 2.28. The number of benzene rings is 1. The average Bonchev–Trinajstić information content (AvgIpc) is 2.47. The molecular weight excluding hydrogens is 236 g/mol. The molecular formula is C16H26N2O. The first kappa shape index (κ1) is 14.5. The molecule has 1 aromatic rings. The molecule has 2 rings (SSSR count). The molecule has 19 heavy (non-hydrogen) atoms. The molecule has 106 valence electrons. The van der Waals surface area contributed by atoms with Crippen LogP contribution in [0.5, 0.6) is 0 Å². The van der Waals surface area contributed by atoms with Crippen LogP contribution >= 0.6 is 0 Å². The van der Waals surface area contributed by atoms with E-state index in [0.29, 0.717) is 6.42 Å². The molecule has 0 saturated carbocycles. The number of likely N-dealkylation sites (tertiary alicyclic amines) is 1. The average molecular weight is 262 g/mol. The van der Waals surface area contributed by atoms with Crippen LogP contribution in [0.3, 0.4) is 0 Å². The Morgan fingerprint density at radius 3 is 2.47 bits per heavy atom. The van der Waals surface area contributed by atoms with E-state index in [9.17, 15) is 5.11 Å². The van der Waals surface area contributed by atoms with Gasteiger partial charge in [-0.3, -0.25) is 0 Å². The zero-order valence-corrected chi connectivity index (χ0v) is 11.9. The van der Waals surface area contributed by atoms with Crippen LogP contribution in [-0.2, 0) is 5.60 Å². The van der Waals surface area contributed by atoms with Gasteiger partial charge >= 0.3 is 0 Å². The topological polar surface area (TPSA) is 49.5 Å². The second-order valence-electron chi connectivity index (χ2n) is 5.88. The minimum Gasteiger partial charge on any atom is -0.384 e. The summed E-state index contributed by atoms with van der Waals surface area (Å²) in [6.07, 6.45) is 3.25. The van der Waals surface area contributed by atoms with Gasteiger partial charge in [-0.05, 0) is 43.8 Å². The summed E-state index contributed by atoms with van der Waals surface area (Å²) in [6, 6.07) is 9.81. The number of hydrogen-bond donors (Lipinski definition) is 2. The summed E-state index contributed by atoms with van der Waals surface area (Å²) in [5, 5.41) is 10.7. The number of hydrogen-bond acceptors (Lipinski definition) is 3. The molecule has 0 spiro atoms. The number of aliphatic hydroxyl groups is 1. The van der Waals surface area contributed by atoms with E-state index >= 15 is 0 Å². The lowest BCUT2D eigenvalue weighted by molar-refractivity contribution is 0.0223. The fraction of sp³-hybridized carbons (Fsp3) is 0.625. The van der Waals surface area contributed by atoms with Crippen molar-refractivity contribution in [2.45, 2.75) is 31.8 Å². The normalized spacial score (nSPS) is 21.2. The van der Waals surface area contributed by atoms with E-state index in [-0.39, 0.29) is 6.54 Å². The Morgan fingerprint density at radius 1 is 1.26 bits per heavy atom. The van der Waals surface area contributed by atoms with Crippen LogP contribution in [0.2, 0.25) is 0 Å². The van der Waals surface area contributed by atoms with E-state index in [0.717, 1.165) is 31.1 Å². The highest BCUT2D eigenvalue weighted by Crippen LogP contribution is 2.25. The molecule has 0 bridgehead atoms. The summed E-state index contributed by atoms with van der Waals surface area (Å²) in [6.45, 7) is 5.82. The van der Waals surface area contributed by atoms with Crippen LogP contribution in [-0.4, -0.2) is 36.2 Å². The Morgan fingerprint density at radius 2 is 1.89 bits per heavy atom. The molecule has 1 fully saturated rings. The number of nitrogens with zero attached hydrogens (tertiary/aromatic N) is 1. The highest BCUT2D eigenvalue weighted by molar-refractivity contribution is 5.22. The third-order valence-electron chi connectivity index (χ3n) is 4.37. The van der Waals surface area contributed by atoms with Crippen LogP contribution in [0.1, 0.15) is 31.7 Å². The van der Waals surface area contributed by atoms with Crippen molar-refractivity contribution >= 4 is 0 Å². The SMILES string of the molecule is CC1CCN(CCC(O)(CN)c2ccccc2)CC1. The summed E-state index contributed by atoms with van der Waals surface area (Å²) in [7, 11) is 0. The fourth-order valence-electron chi connectivity index (χ4n) is 2.74. The molecule has 1 heterocycles. The summed E-state index contributed by atoms with van der Waals surface area (Å²) < 4.78 is 0. The maximum absolute atomic E-state index is 10.7.